The minimum atomic E-state index is -4.29. The normalized spacial score (nSPS) is 14.8. The van der Waals surface area contributed by atoms with Crippen molar-refractivity contribution in [2.24, 2.45) is 5.73 Å². The Morgan fingerprint density at radius 2 is 1.35 bits per heavy atom. The lowest BCUT2D eigenvalue weighted by Crippen LogP contribution is -2.25. The van der Waals surface area contributed by atoms with Crippen LogP contribution in [0.5, 0.6) is 0 Å². The molecule has 0 radical (unpaired) electrons. The van der Waals surface area contributed by atoms with Crippen LogP contribution in [0.15, 0.2) is 60.9 Å². The molecular weight excluding hydrogens is 665 g/mol. The molecular formula is C41H74NO8P. The molecule has 0 rings (SSSR count). The first-order valence-electron chi connectivity index (χ1n) is 19.9. The zero-order chi connectivity index (χ0) is 37.5. The number of allylic oxidation sites excluding steroid dienone is 8. The van der Waals surface area contributed by atoms with Gasteiger partial charge >= 0.3 is 13.8 Å². The smallest absolute Gasteiger partial charge is 0.472 e. The van der Waals surface area contributed by atoms with E-state index in [0.717, 1.165) is 70.6 Å². The van der Waals surface area contributed by atoms with Crippen LogP contribution in [0, 0.1) is 0 Å². The zero-order valence-corrected chi connectivity index (χ0v) is 33.1. The molecule has 10 heteroatoms. The number of hydrogen-bond acceptors (Lipinski definition) is 8. The van der Waals surface area contributed by atoms with Crippen molar-refractivity contribution in [1.82, 2.24) is 0 Å². The molecule has 4 N–H and O–H groups in total. The molecule has 0 bridgehead atoms. The second-order valence-electron chi connectivity index (χ2n) is 13.0. The predicted molar refractivity (Wildman–Crippen MR) is 211 cm³/mol. The Hall–Kier alpha value is -2.00. The molecule has 0 saturated carbocycles. The molecule has 2 unspecified atom stereocenters. The Morgan fingerprint density at radius 3 is 2.02 bits per heavy atom. The van der Waals surface area contributed by atoms with Crippen molar-refractivity contribution in [3.8, 4) is 0 Å². The summed E-state index contributed by atoms with van der Waals surface area (Å²) in [4.78, 5) is 22.2. The summed E-state index contributed by atoms with van der Waals surface area (Å²) in [7, 11) is -4.29. The molecule has 0 heterocycles. The maximum absolute atomic E-state index is 12.4. The van der Waals surface area contributed by atoms with E-state index in [1.165, 1.54) is 57.8 Å². The number of ether oxygens (including phenoxy) is 2. The number of aliphatic hydroxyl groups excluding tert-OH is 1. The summed E-state index contributed by atoms with van der Waals surface area (Å²) in [5.41, 5.74) is 5.35. The second-order valence-corrected chi connectivity index (χ2v) is 14.5. The standard InChI is InChI=1S/C41H74NO8P/c1-3-5-7-9-11-12-13-14-15-16-17-18-19-21-26-30-35-47-40(38-50-51(45,46)49-36-34-42)37-48-41(44)33-29-25-22-24-28-32-39(43)31-27-23-20-10-8-6-4-2/h6,8,14-15,20,23,27,30-31,35,39-40,43H,3-5,7,9-13,16-19,21-22,24-26,28-29,32-34,36-38,42H2,1-2H3,(H,45,46)/b8-6+,15-14-,23-20+,31-27+,35-30+/t39?,40-/m1/s1. The quantitative estimate of drug-likeness (QED) is 0.0142. The highest BCUT2D eigenvalue weighted by Crippen LogP contribution is 2.43. The summed E-state index contributed by atoms with van der Waals surface area (Å²) < 4.78 is 33.1. The van der Waals surface area contributed by atoms with E-state index >= 15 is 0 Å². The van der Waals surface area contributed by atoms with Crippen LogP contribution in [-0.4, -0.2) is 54.5 Å². The lowest BCUT2D eigenvalue weighted by atomic mass is 10.1. The number of carbonyl (C=O) groups is 1. The van der Waals surface area contributed by atoms with Crippen LogP contribution in [-0.2, 0) is 27.9 Å². The van der Waals surface area contributed by atoms with Gasteiger partial charge in [0.2, 0.25) is 0 Å². The molecule has 0 aliphatic carbocycles. The van der Waals surface area contributed by atoms with Crippen molar-refractivity contribution >= 4 is 13.8 Å². The van der Waals surface area contributed by atoms with Crippen LogP contribution >= 0.6 is 7.82 Å². The Labute approximate surface area is 311 Å². The van der Waals surface area contributed by atoms with E-state index in [1.807, 2.05) is 24.3 Å². The number of aliphatic hydroxyl groups is 1. The topological polar surface area (TPSA) is 138 Å². The summed E-state index contributed by atoms with van der Waals surface area (Å²) in [6, 6.07) is 0. The Morgan fingerprint density at radius 1 is 0.725 bits per heavy atom. The molecule has 0 aliphatic rings. The van der Waals surface area contributed by atoms with E-state index in [9.17, 15) is 19.4 Å². The third-order valence-corrected chi connectivity index (χ3v) is 9.10. The van der Waals surface area contributed by atoms with Gasteiger partial charge in [-0.15, -0.1) is 0 Å². The molecule has 0 amide bonds. The van der Waals surface area contributed by atoms with Crippen LogP contribution in [0.25, 0.3) is 0 Å². The van der Waals surface area contributed by atoms with Crippen LogP contribution in [0.1, 0.15) is 155 Å². The zero-order valence-electron chi connectivity index (χ0n) is 32.2. The van der Waals surface area contributed by atoms with Crippen molar-refractivity contribution in [2.75, 3.05) is 26.4 Å². The SMILES string of the molecule is CC/C=C/C/C=C/C=C/C(O)CCCCCCCC(=O)OC[C@H](COP(=O)(O)OCCN)O/C=C/CCCCCC/C=C\CCCCCCCC. The van der Waals surface area contributed by atoms with Gasteiger partial charge in [0, 0.05) is 13.0 Å². The first-order chi connectivity index (χ1) is 24.8. The number of unbranched alkanes of at least 4 members (excludes halogenated alkanes) is 15. The molecule has 0 saturated heterocycles. The van der Waals surface area contributed by atoms with E-state index in [-0.39, 0.29) is 38.8 Å². The maximum Gasteiger partial charge on any atom is 0.472 e. The van der Waals surface area contributed by atoms with Gasteiger partial charge in [0.15, 0.2) is 6.10 Å². The van der Waals surface area contributed by atoms with Gasteiger partial charge in [0.1, 0.15) is 6.61 Å². The summed E-state index contributed by atoms with van der Waals surface area (Å²) in [6.45, 7) is 3.94. The highest BCUT2D eigenvalue weighted by Gasteiger charge is 2.24. The summed E-state index contributed by atoms with van der Waals surface area (Å²) in [5.74, 6) is -0.352. The fourth-order valence-electron chi connectivity index (χ4n) is 5.10. The third-order valence-electron chi connectivity index (χ3n) is 8.11. The van der Waals surface area contributed by atoms with Crippen LogP contribution in [0.2, 0.25) is 0 Å². The van der Waals surface area contributed by atoms with Crippen LogP contribution < -0.4 is 5.73 Å². The lowest BCUT2D eigenvalue weighted by Gasteiger charge is -2.19. The van der Waals surface area contributed by atoms with Crippen molar-refractivity contribution in [3.63, 3.8) is 0 Å². The molecule has 0 aliphatic heterocycles. The van der Waals surface area contributed by atoms with E-state index in [4.69, 9.17) is 24.3 Å². The van der Waals surface area contributed by atoms with E-state index in [1.54, 1.807) is 6.26 Å². The third kappa shape index (κ3) is 37.6. The first kappa shape index (κ1) is 49.0. The average molecular weight is 740 g/mol. The Bertz CT molecular complexity index is 981. The van der Waals surface area contributed by atoms with Crippen LogP contribution in [0.3, 0.4) is 0 Å². The summed E-state index contributed by atoms with van der Waals surface area (Å²) in [5, 5.41) is 10.1. The minimum absolute atomic E-state index is 0.0822. The molecule has 3 atom stereocenters. The summed E-state index contributed by atoms with van der Waals surface area (Å²) in [6.07, 6.45) is 42.1. The number of phosphoric acid groups is 1. The van der Waals surface area contributed by atoms with E-state index < -0.39 is 20.0 Å². The van der Waals surface area contributed by atoms with Gasteiger partial charge in [-0.1, -0.05) is 133 Å². The molecule has 0 aromatic heterocycles. The average Bonchev–Trinajstić information content (AvgIpc) is 3.12. The molecule has 296 valence electrons. The maximum atomic E-state index is 12.4. The number of rotatable bonds is 37. The van der Waals surface area contributed by atoms with Crippen molar-refractivity contribution in [1.29, 1.82) is 0 Å². The van der Waals surface area contributed by atoms with E-state index in [2.05, 4.69) is 44.2 Å². The fourth-order valence-corrected chi connectivity index (χ4v) is 5.86. The second kappa shape index (κ2) is 37.7. The number of esters is 1. The van der Waals surface area contributed by atoms with Gasteiger partial charge < -0.3 is 25.2 Å². The summed E-state index contributed by atoms with van der Waals surface area (Å²) >= 11 is 0. The van der Waals surface area contributed by atoms with Gasteiger partial charge in [0.05, 0.1) is 25.6 Å². The van der Waals surface area contributed by atoms with Gasteiger partial charge in [-0.3, -0.25) is 13.8 Å². The Kier molecular flexibility index (Phi) is 36.3. The monoisotopic (exact) mass is 740 g/mol. The molecule has 9 nitrogen and oxygen atoms in total. The molecule has 51 heavy (non-hydrogen) atoms. The Balaban J connectivity index is 4.24. The number of carbonyl (C=O) groups excluding carboxylic acids is 1. The number of hydrogen-bond donors (Lipinski definition) is 3. The van der Waals surface area contributed by atoms with Gasteiger partial charge in [-0.25, -0.2) is 4.57 Å². The van der Waals surface area contributed by atoms with E-state index in [0.29, 0.717) is 6.42 Å². The van der Waals surface area contributed by atoms with Crippen molar-refractivity contribution < 1.29 is 37.9 Å². The molecule has 0 aromatic rings. The lowest BCUT2D eigenvalue weighted by molar-refractivity contribution is -0.147. The highest BCUT2D eigenvalue weighted by atomic mass is 31.2. The van der Waals surface area contributed by atoms with Gasteiger partial charge in [-0.2, -0.15) is 0 Å². The molecule has 0 fully saturated rings. The predicted octanol–water partition coefficient (Wildman–Crippen LogP) is 10.7. The highest BCUT2D eigenvalue weighted by molar-refractivity contribution is 7.47. The van der Waals surface area contributed by atoms with Crippen molar-refractivity contribution in [2.45, 2.75) is 167 Å². The molecule has 0 spiro atoms. The number of phosphoric ester groups is 1. The van der Waals surface area contributed by atoms with Crippen LogP contribution in [0.4, 0.5) is 0 Å². The fraction of sp³-hybridized carbons (Fsp3) is 0.732. The molecule has 0 aromatic carbocycles. The first-order valence-corrected chi connectivity index (χ1v) is 21.4. The largest absolute Gasteiger partial charge is 0.492 e. The minimum Gasteiger partial charge on any atom is -0.492 e. The van der Waals surface area contributed by atoms with Gasteiger partial charge in [0.25, 0.3) is 0 Å². The van der Waals surface area contributed by atoms with Crippen molar-refractivity contribution in [3.05, 3.63) is 60.9 Å². The number of nitrogens with two attached hydrogens (primary N) is 1. The van der Waals surface area contributed by atoms with Gasteiger partial charge in [-0.05, 0) is 70.3 Å².